The molecule has 0 aliphatic heterocycles. The van der Waals surface area contributed by atoms with Crippen LogP contribution >= 0.6 is 11.6 Å². The lowest BCUT2D eigenvalue weighted by atomic mass is 10.1. The van der Waals surface area contributed by atoms with Crippen LogP contribution in [0, 0.1) is 0 Å². The highest BCUT2D eigenvalue weighted by atomic mass is 35.5. The summed E-state index contributed by atoms with van der Waals surface area (Å²) in [5, 5.41) is 1.10. The van der Waals surface area contributed by atoms with Gasteiger partial charge in [-0.2, -0.15) is 0 Å². The first-order valence-electron chi connectivity index (χ1n) is 4.44. The van der Waals surface area contributed by atoms with Crippen molar-refractivity contribution >= 4 is 28.3 Å². The van der Waals surface area contributed by atoms with E-state index < -0.39 is 0 Å². The quantitative estimate of drug-likeness (QED) is 0.771. The number of carbonyl (C=O) groups excluding carboxylic acids is 1. The number of alkyl halides is 1. The van der Waals surface area contributed by atoms with Gasteiger partial charge in [-0.05, 0) is 11.6 Å². The molecule has 0 aliphatic carbocycles. The van der Waals surface area contributed by atoms with Crippen LogP contribution in [0.25, 0.3) is 10.9 Å². The molecule has 72 valence electrons. The monoisotopic (exact) mass is 207 g/mol. The second-order valence-electron chi connectivity index (χ2n) is 3.21. The third-order valence-corrected chi connectivity index (χ3v) is 2.51. The van der Waals surface area contributed by atoms with Crippen molar-refractivity contribution in [3.05, 3.63) is 36.0 Å². The molecule has 1 heterocycles. The lowest BCUT2D eigenvalue weighted by molar-refractivity contribution is -0.116. The van der Waals surface area contributed by atoms with Crippen LogP contribution in [0.2, 0.25) is 0 Å². The van der Waals surface area contributed by atoms with Crippen molar-refractivity contribution in [1.82, 2.24) is 4.98 Å². The van der Waals surface area contributed by atoms with Crippen molar-refractivity contribution in [3.63, 3.8) is 0 Å². The van der Waals surface area contributed by atoms with Crippen LogP contribution in [-0.4, -0.2) is 16.6 Å². The molecule has 1 aromatic carbocycles. The average Bonchev–Trinajstić information content (AvgIpc) is 2.62. The molecule has 0 saturated carbocycles. The van der Waals surface area contributed by atoms with E-state index in [1.54, 1.807) is 0 Å². The molecule has 0 atom stereocenters. The van der Waals surface area contributed by atoms with Gasteiger partial charge in [0.15, 0.2) is 5.78 Å². The summed E-state index contributed by atoms with van der Waals surface area (Å²) >= 11 is 5.46. The molecule has 0 spiro atoms. The normalized spacial score (nSPS) is 10.6. The highest BCUT2D eigenvalue weighted by Gasteiger charge is 2.06. The number of rotatable bonds is 3. The summed E-state index contributed by atoms with van der Waals surface area (Å²) < 4.78 is 0. The Hall–Kier alpha value is -1.28. The summed E-state index contributed by atoms with van der Waals surface area (Å²) in [4.78, 5) is 14.3. The van der Waals surface area contributed by atoms with Gasteiger partial charge in [-0.3, -0.25) is 4.79 Å². The fraction of sp³-hybridized carbons (Fsp3) is 0.182. The van der Waals surface area contributed by atoms with Gasteiger partial charge in [-0.15, -0.1) is 11.6 Å². The zero-order chi connectivity index (χ0) is 9.97. The minimum Gasteiger partial charge on any atom is -0.361 e. The molecule has 0 bridgehead atoms. The van der Waals surface area contributed by atoms with Gasteiger partial charge in [0.1, 0.15) is 0 Å². The second kappa shape index (κ2) is 3.84. The number of Topliss-reactive ketones (excluding diaryl/α,β-unsaturated/α-hetero) is 1. The van der Waals surface area contributed by atoms with Crippen LogP contribution in [0.4, 0.5) is 0 Å². The molecule has 1 aromatic heterocycles. The van der Waals surface area contributed by atoms with Crippen molar-refractivity contribution in [2.24, 2.45) is 0 Å². The van der Waals surface area contributed by atoms with Crippen LogP contribution in [0.5, 0.6) is 0 Å². The Morgan fingerprint density at radius 1 is 1.36 bits per heavy atom. The van der Waals surface area contributed by atoms with Gasteiger partial charge >= 0.3 is 0 Å². The number of carbonyl (C=O) groups is 1. The third-order valence-electron chi connectivity index (χ3n) is 2.21. The summed E-state index contributed by atoms with van der Waals surface area (Å²) in [5.74, 6) is 0.135. The van der Waals surface area contributed by atoms with E-state index in [0.29, 0.717) is 6.42 Å². The van der Waals surface area contributed by atoms with E-state index in [1.807, 2.05) is 30.5 Å². The SMILES string of the molecule is O=C(CCl)Cc1c[nH]c2ccccc12. The number of hydrogen-bond donors (Lipinski definition) is 1. The lowest BCUT2D eigenvalue weighted by Gasteiger charge is -1.95. The Balaban J connectivity index is 2.38. The van der Waals surface area contributed by atoms with Crippen molar-refractivity contribution in [2.75, 3.05) is 5.88 Å². The zero-order valence-corrected chi connectivity index (χ0v) is 8.34. The van der Waals surface area contributed by atoms with Gasteiger partial charge in [0.25, 0.3) is 0 Å². The summed E-state index contributed by atoms with van der Waals surface area (Å²) in [6.45, 7) is 0. The first kappa shape index (κ1) is 9.28. The number of para-hydroxylation sites is 1. The number of benzene rings is 1. The van der Waals surface area contributed by atoms with Crippen molar-refractivity contribution in [1.29, 1.82) is 0 Å². The van der Waals surface area contributed by atoms with Crippen LogP contribution < -0.4 is 0 Å². The van der Waals surface area contributed by atoms with Gasteiger partial charge in [0, 0.05) is 23.5 Å². The summed E-state index contributed by atoms with van der Waals surface area (Å²) in [6.07, 6.45) is 2.28. The van der Waals surface area contributed by atoms with E-state index in [-0.39, 0.29) is 11.7 Å². The Bertz CT molecular complexity index is 461. The smallest absolute Gasteiger partial charge is 0.152 e. The maximum Gasteiger partial charge on any atom is 0.152 e. The Morgan fingerprint density at radius 3 is 2.93 bits per heavy atom. The largest absolute Gasteiger partial charge is 0.361 e. The molecule has 14 heavy (non-hydrogen) atoms. The first-order chi connectivity index (χ1) is 6.81. The molecule has 0 amide bonds. The van der Waals surface area contributed by atoms with Crippen LogP contribution in [0.3, 0.4) is 0 Å². The number of aromatic amines is 1. The number of H-pyrrole nitrogens is 1. The molecular weight excluding hydrogens is 198 g/mol. The topological polar surface area (TPSA) is 32.9 Å². The molecule has 1 N–H and O–H groups in total. The van der Waals surface area contributed by atoms with Crippen LogP contribution in [0.15, 0.2) is 30.5 Å². The van der Waals surface area contributed by atoms with Gasteiger partial charge < -0.3 is 4.98 Å². The van der Waals surface area contributed by atoms with Gasteiger partial charge in [0.2, 0.25) is 0 Å². The van der Waals surface area contributed by atoms with E-state index in [1.165, 1.54) is 0 Å². The number of ketones is 1. The molecule has 0 radical (unpaired) electrons. The number of nitrogens with one attached hydrogen (secondary N) is 1. The number of hydrogen-bond acceptors (Lipinski definition) is 1. The minimum absolute atomic E-state index is 0.0522. The zero-order valence-electron chi connectivity index (χ0n) is 7.59. The number of halogens is 1. The molecule has 0 aliphatic rings. The van der Waals surface area contributed by atoms with Gasteiger partial charge in [0.05, 0.1) is 5.88 Å². The maximum absolute atomic E-state index is 11.2. The molecule has 0 unspecified atom stereocenters. The standard InChI is InChI=1S/C11H10ClNO/c12-6-9(14)5-8-7-13-11-4-2-1-3-10(8)11/h1-4,7,13H,5-6H2. The summed E-state index contributed by atoms with van der Waals surface area (Å²) in [6, 6.07) is 7.92. The van der Waals surface area contributed by atoms with Gasteiger partial charge in [-0.25, -0.2) is 0 Å². The molecule has 2 rings (SSSR count). The molecule has 2 nitrogen and oxygen atoms in total. The second-order valence-corrected chi connectivity index (χ2v) is 3.48. The van der Waals surface area contributed by atoms with Gasteiger partial charge in [-0.1, -0.05) is 18.2 Å². The average molecular weight is 208 g/mol. The fourth-order valence-electron chi connectivity index (χ4n) is 1.54. The van der Waals surface area contributed by atoms with E-state index in [9.17, 15) is 4.79 Å². The highest BCUT2D eigenvalue weighted by molar-refractivity contribution is 6.27. The summed E-state index contributed by atoms with van der Waals surface area (Å²) in [5.41, 5.74) is 2.08. The number of fused-ring (bicyclic) bond motifs is 1. The molecule has 3 heteroatoms. The Morgan fingerprint density at radius 2 is 2.14 bits per heavy atom. The van der Waals surface area contributed by atoms with Crippen molar-refractivity contribution in [3.8, 4) is 0 Å². The fourth-order valence-corrected chi connectivity index (χ4v) is 1.63. The summed E-state index contributed by atoms with van der Waals surface area (Å²) in [7, 11) is 0. The predicted molar refractivity (Wildman–Crippen MR) is 57.7 cm³/mol. The van der Waals surface area contributed by atoms with E-state index >= 15 is 0 Å². The van der Waals surface area contributed by atoms with E-state index in [2.05, 4.69) is 4.98 Å². The van der Waals surface area contributed by atoms with Crippen molar-refractivity contribution in [2.45, 2.75) is 6.42 Å². The number of aromatic nitrogens is 1. The predicted octanol–water partition coefficient (Wildman–Crippen LogP) is 2.52. The Kier molecular flexibility index (Phi) is 2.55. The highest BCUT2D eigenvalue weighted by Crippen LogP contribution is 2.18. The minimum atomic E-state index is 0.0522. The molecule has 0 saturated heterocycles. The van der Waals surface area contributed by atoms with Crippen LogP contribution in [-0.2, 0) is 11.2 Å². The molecule has 0 fully saturated rings. The van der Waals surface area contributed by atoms with Crippen molar-refractivity contribution < 1.29 is 4.79 Å². The third kappa shape index (κ3) is 1.66. The first-order valence-corrected chi connectivity index (χ1v) is 4.97. The van der Waals surface area contributed by atoms with E-state index in [4.69, 9.17) is 11.6 Å². The Labute approximate surface area is 86.9 Å². The molecule has 2 aromatic rings. The molecular formula is C11H10ClNO. The lowest BCUT2D eigenvalue weighted by Crippen LogP contribution is -2.02. The van der Waals surface area contributed by atoms with Crippen LogP contribution in [0.1, 0.15) is 5.56 Å². The maximum atomic E-state index is 11.2. The van der Waals surface area contributed by atoms with E-state index in [0.717, 1.165) is 16.5 Å².